The Morgan fingerprint density at radius 2 is 2.25 bits per heavy atom. The van der Waals surface area contributed by atoms with E-state index in [2.05, 4.69) is 16.8 Å². The molecule has 0 saturated carbocycles. The van der Waals surface area contributed by atoms with Gasteiger partial charge in [0.25, 0.3) is 0 Å². The second-order valence-electron chi connectivity index (χ2n) is 4.20. The number of aromatic nitrogens is 1. The lowest BCUT2D eigenvalue weighted by atomic mass is 10.2. The van der Waals surface area contributed by atoms with Gasteiger partial charge in [-0.15, -0.1) is 22.7 Å². The number of aryl methyl sites for hydroxylation is 1. The minimum absolute atomic E-state index is 0.108. The maximum Gasteiger partial charge on any atom is 0.0822 e. The molecule has 0 aliphatic rings. The van der Waals surface area contributed by atoms with E-state index in [9.17, 15) is 0 Å². The minimum atomic E-state index is 0.108. The molecule has 0 aromatic carbocycles. The molecule has 0 radical (unpaired) electrons. The van der Waals surface area contributed by atoms with Gasteiger partial charge in [-0.2, -0.15) is 0 Å². The molecule has 0 amide bonds. The Morgan fingerprint density at radius 1 is 1.35 bits per heavy atom. The van der Waals surface area contributed by atoms with E-state index < -0.39 is 0 Å². The number of rotatable bonds is 6. The number of ether oxygens (including phenoxy) is 1. The van der Waals surface area contributed by atoms with Crippen LogP contribution >= 0.6 is 22.7 Å². The maximum absolute atomic E-state index is 8.72. The molecule has 2 aromatic rings. The molecule has 0 spiro atoms. The van der Waals surface area contributed by atoms with Crippen molar-refractivity contribution in [2.24, 2.45) is 0 Å². The number of thiazole rings is 1. The van der Waals surface area contributed by atoms with Crippen LogP contribution in [0.25, 0.3) is 0 Å². The molecule has 2 rings (SSSR count). The Balaban J connectivity index is 1.79. The number of thiophene rings is 1. The first-order chi connectivity index (χ1) is 9.81. The van der Waals surface area contributed by atoms with Crippen molar-refractivity contribution in [3.8, 4) is 11.8 Å². The third-order valence-electron chi connectivity index (χ3n) is 2.76. The van der Waals surface area contributed by atoms with Crippen LogP contribution < -0.4 is 0 Å². The Hall–Kier alpha value is -1.19. The molecule has 0 atom stereocenters. The molecule has 3 nitrogen and oxygen atoms in total. The quantitative estimate of drug-likeness (QED) is 0.659. The maximum atomic E-state index is 8.72. The van der Waals surface area contributed by atoms with E-state index in [0.29, 0.717) is 19.6 Å². The third-order valence-corrected chi connectivity index (χ3v) is 4.65. The van der Waals surface area contributed by atoms with Crippen LogP contribution in [0.5, 0.6) is 0 Å². The first-order valence-electron chi connectivity index (χ1n) is 6.44. The van der Waals surface area contributed by atoms with E-state index in [1.54, 1.807) is 22.7 Å². The van der Waals surface area contributed by atoms with Gasteiger partial charge in [-0.25, -0.2) is 4.98 Å². The van der Waals surface area contributed by atoms with Crippen molar-refractivity contribution in [3.05, 3.63) is 38.0 Å². The molecule has 2 heterocycles. The van der Waals surface area contributed by atoms with E-state index in [-0.39, 0.29) is 6.61 Å². The predicted molar refractivity (Wildman–Crippen MR) is 83.1 cm³/mol. The van der Waals surface area contributed by atoms with Crippen molar-refractivity contribution in [2.45, 2.75) is 26.4 Å². The SMILES string of the molecule is Cc1ncsc1CCOCc1sccc1C#CCCO. The van der Waals surface area contributed by atoms with Crippen LogP contribution in [0.3, 0.4) is 0 Å². The van der Waals surface area contributed by atoms with Gasteiger partial charge < -0.3 is 9.84 Å². The summed E-state index contributed by atoms with van der Waals surface area (Å²) in [6.45, 7) is 3.43. The van der Waals surface area contributed by atoms with Crippen LogP contribution in [0.2, 0.25) is 0 Å². The Labute approximate surface area is 127 Å². The standard InChI is InChI=1S/C15H17NO2S2/c1-12-14(20-11-16-12)5-8-18-10-15-13(6-9-19-15)4-2-3-7-17/h6,9,11,17H,3,5,7-8,10H2,1H3. The Kier molecular flexibility index (Phi) is 6.22. The number of aliphatic hydroxyl groups is 1. The van der Waals surface area contributed by atoms with Crippen LogP contribution in [-0.2, 0) is 17.8 Å². The predicted octanol–water partition coefficient (Wildman–Crippen LogP) is 3.01. The van der Waals surface area contributed by atoms with Gasteiger partial charge in [0.1, 0.15) is 0 Å². The molecule has 0 aliphatic heterocycles. The molecule has 0 unspecified atom stereocenters. The van der Waals surface area contributed by atoms with Crippen molar-refractivity contribution < 1.29 is 9.84 Å². The Bertz CT molecular complexity index is 592. The fraction of sp³-hybridized carbons (Fsp3) is 0.400. The fourth-order valence-corrected chi connectivity index (χ4v) is 3.20. The smallest absolute Gasteiger partial charge is 0.0822 e. The molecule has 5 heteroatoms. The first-order valence-corrected chi connectivity index (χ1v) is 8.20. The number of hydrogen-bond donors (Lipinski definition) is 1. The van der Waals surface area contributed by atoms with Gasteiger partial charge >= 0.3 is 0 Å². The summed E-state index contributed by atoms with van der Waals surface area (Å²) in [6.07, 6.45) is 1.42. The zero-order chi connectivity index (χ0) is 14.2. The van der Waals surface area contributed by atoms with Gasteiger partial charge in [-0.3, -0.25) is 0 Å². The van der Waals surface area contributed by atoms with Crippen LogP contribution in [0.15, 0.2) is 17.0 Å². The fourth-order valence-electron chi connectivity index (χ4n) is 1.67. The highest BCUT2D eigenvalue weighted by atomic mass is 32.1. The largest absolute Gasteiger partial charge is 0.395 e. The van der Waals surface area contributed by atoms with Gasteiger partial charge in [-0.1, -0.05) is 11.8 Å². The molecular weight excluding hydrogens is 290 g/mol. The normalized spacial score (nSPS) is 10.3. The summed E-state index contributed by atoms with van der Waals surface area (Å²) in [5.74, 6) is 6.01. The van der Waals surface area contributed by atoms with E-state index in [1.807, 2.05) is 23.9 Å². The summed E-state index contributed by atoms with van der Waals surface area (Å²) < 4.78 is 5.73. The van der Waals surface area contributed by atoms with E-state index >= 15 is 0 Å². The van der Waals surface area contributed by atoms with E-state index in [0.717, 1.165) is 22.6 Å². The molecule has 106 valence electrons. The highest BCUT2D eigenvalue weighted by molar-refractivity contribution is 7.10. The number of aliphatic hydroxyl groups excluding tert-OH is 1. The first kappa shape index (κ1) is 15.2. The zero-order valence-electron chi connectivity index (χ0n) is 11.4. The summed E-state index contributed by atoms with van der Waals surface area (Å²) in [5.41, 5.74) is 3.99. The average molecular weight is 307 g/mol. The lowest BCUT2D eigenvalue weighted by Gasteiger charge is -2.02. The van der Waals surface area contributed by atoms with Crippen molar-refractivity contribution in [3.63, 3.8) is 0 Å². The highest BCUT2D eigenvalue weighted by Gasteiger charge is 2.04. The van der Waals surface area contributed by atoms with Crippen molar-refractivity contribution in [2.75, 3.05) is 13.2 Å². The number of hydrogen-bond acceptors (Lipinski definition) is 5. The second kappa shape index (κ2) is 8.18. The Morgan fingerprint density at radius 3 is 3.00 bits per heavy atom. The topological polar surface area (TPSA) is 42.4 Å². The average Bonchev–Trinajstić information content (AvgIpc) is 3.05. The van der Waals surface area contributed by atoms with Crippen molar-refractivity contribution in [1.29, 1.82) is 0 Å². The minimum Gasteiger partial charge on any atom is -0.395 e. The van der Waals surface area contributed by atoms with Gasteiger partial charge in [0.2, 0.25) is 0 Å². The summed E-state index contributed by atoms with van der Waals surface area (Å²) in [5, 5.41) is 10.7. The van der Waals surface area contributed by atoms with E-state index in [4.69, 9.17) is 9.84 Å². The van der Waals surface area contributed by atoms with Crippen LogP contribution in [0, 0.1) is 18.8 Å². The van der Waals surface area contributed by atoms with Gasteiger partial charge in [0.15, 0.2) is 0 Å². The summed E-state index contributed by atoms with van der Waals surface area (Å²) in [4.78, 5) is 6.67. The van der Waals surface area contributed by atoms with Gasteiger partial charge in [0, 0.05) is 28.2 Å². The summed E-state index contributed by atoms with van der Waals surface area (Å²) in [7, 11) is 0. The monoisotopic (exact) mass is 307 g/mol. The molecule has 0 bridgehead atoms. The summed E-state index contributed by atoms with van der Waals surface area (Å²) >= 11 is 3.34. The molecular formula is C15H17NO2S2. The molecule has 0 aliphatic carbocycles. The molecule has 1 N–H and O–H groups in total. The molecule has 0 saturated heterocycles. The molecule has 2 aromatic heterocycles. The van der Waals surface area contributed by atoms with Gasteiger partial charge in [-0.05, 0) is 18.4 Å². The van der Waals surface area contributed by atoms with Crippen molar-refractivity contribution in [1.82, 2.24) is 4.98 Å². The lowest BCUT2D eigenvalue weighted by molar-refractivity contribution is 0.126. The lowest BCUT2D eigenvalue weighted by Crippen LogP contribution is -1.98. The number of nitrogens with zero attached hydrogens (tertiary/aromatic N) is 1. The van der Waals surface area contributed by atoms with E-state index in [1.165, 1.54) is 4.88 Å². The second-order valence-corrected chi connectivity index (χ2v) is 6.14. The molecule has 0 fully saturated rings. The molecule has 20 heavy (non-hydrogen) atoms. The zero-order valence-corrected chi connectivity index (χ0v) is 13.0. The van der Waals surface area contributed by atoms with Crippen LogP contribution in [0.1, 0.15) is 27.4 Å². The van der Waals surface area contributed by atoms with Crippen LogP contribution in [0.4, 0.5) is 0 Å². The summed E-state index contributed by atoms with van der Waals surface area (Å²) in [6, 6.07) is 2.00. The van der Waals surface area contributed by atoms with Gasteiger partial charge in [0.05, 0.1) is 31.0 Å². The van der Waals surface area contributed by atoms with Crippen LogP contribution in [-0.4, -0.2) is 23.3 Å². The third kappa shape index (κ3) is 4.43. The van der Waals surface area contributed by atoms with Crippen molar-refractivity contribution >= 4 is 22.7 Å². The highest BCUT2D eigenvalue weighted by Crippen LogP contribution is 2.18.